The van der Waals surface area contributed by atoms with E-state index in [1.807, 2.05) is 0 Å². The topological polar surface area (TPSA) is 29.5 Å². The normalized spacial score (nSPS) is 21.8. The number of thioether (sulfide) groups is 1. The molecule has 0 radical (unpaired) electrons. The van der Waals surface area contributed by atoms with Gasteiger partial charge in [0.15, 0.2) is 5.78 Å². The standard InChI is InChI=1S/C10H15NO2S/c1-2-3-4-11-7-14-10-8(11)5-13-6-9(10)12/h2-7H2,1H3. The third kappa shape index (κ3) is 1.81. The molecule has 0 spiro atoms. The first kappa shape index (κ1) is 10.1. The molecule has 0 amide bonds. The van der Waals surface area contributed by atoms with Gasteiger partial charge in [-0.05, 0) is 6.42 Å². The largest absolute Gasteiger partial charge is 0.367 e. The van der Waals surface area contributed by atoms with Crippen molar-refractivity contribution in [1.82, 2.24) is 4.90 Å². The third-order valence-electron chi connectivity index (χ3n) is 2.52. The monoisotopic (exact) mass is 213 g/mol. The van der Waals surface area contributed by atoms with Crippen LogP contribution in [0.15, 0.2) is 10.6 Å². The van der Waals surface area contributed by atoms with Crippen LogP contribution >= 0.6 is 11.8 Å². The Morgan fingerprint density at radius 3 is 3.14 bits per heavy atom. The quantitative estimate of drug-likeness (QED) is 0.712. The number of rotatable bonds is 3. The van der Waals surface area contributed by atoms with E-state index >= 15 is 0 Å². The summed E-state index contributed by atoms with van der Waals surface area (Å²) in [5, 5.41) is 0. The molecule has 3 nitrogen and oxygen atoms in total. The maximum absolute atomic E-state index is 11.5. The Hall–Kier alpha value is -0.480. The van der Waals surface area contributed by atoms with Crippen molar-refractivity contribution in [2.24, 2.45) is 0 Å². The van der Waals surface area contributed by atoms with Gasteiger partial charge in [-0.1, -0.05) is 25.1 Å². The van der Waals surface area contributed by atoms with Crippen LogP contribution in [0.5, 0.6) is 0 Å². The first-order valence-electron chi connectivity index (χ1n) is 5.04. The second-order valence-electron chi connectivity index (χ2n) is 3.58. The van der Waals surface area contributed by atoms with E-state index in [1.54, 1.807) is 11.8 Å². The zero-order valence-electron chi connectivity index (χ0n) is 8.41. The maximum atomic E-state index is 11.5. The van der Waals surface area contributed by atoms with E-state index in [4.69, 9.17) is 4.74 Å². The summed E-state index contributed by atoms with van der Waals surface area (Å²) in [7, 11) is 0. The van der Waals surface area contributed by atoms with Crippen LogP contribution in [0.4, 0.5) is 0 Å². The van der Waals surface area contributed by atoms with Crippen molar-refractivity contribution < 1.29 is 9.53 Å². The van der Waals surface area contributed by atoms with Crippen LogP contribution in [0.25, 0.3) is 0 Å². The first-order valence-corrected chi connectivity index (χ1v) is 6.03. The molecule has 2 aliphatic rings. The minimum absolute atomic E-state index is 0.162. The fourth-order valence-corrected chi connectivity index (χ4v) is 2.84. The molecule has 0 saturated carbocycles. The second kappa shape index (κ2) is 4.36. The van der Waals surface area contributed by atoms with Crippen LogP contribution in [-0.2, 0) is 9.53 Å². The van der Waals surface area contributed by atoms with Crippen LogP contribution in [0, 0.1) is 0 Å². The fourth-order valence-electron chi connectivity index (χ4n) is 1.70. The Kier molecular flexibility index (Phi) is 3.13. The lowest BCUT2D eigenvalue weighted by molar-refractivity contribution is -0.120. The molecule has 0 aromatic carbocycles. The molecule has 2 rings (SSSR count). The van der Waals surface area contributed by atoms with Gasteiger partial charge in [-0.15, -0.1) is 0 Å². The van der Waals surface area contributed by atoms with Crippen LogP contribution in [-0.4, -0.2) is 36.3 Å². The van der Waals surface area contributed by atoms with Gasteiger partial charge >= 0.3 is 0 Å². The molecular weight excluding hydrogens is 198 g/mol. The first-order chi connectivity index (χ1) is 6.83. The van der Waals surface area contributed by atoms with Gasteiger partial charge in [-0.2, -0.15) is 0 Å². The van der Waals surface area contributed by atoms with Crippen molar-refractivity contribution in [1.29, 1.82) is 0 Å². The number of hydrogen-bond acceptors (Lipinski definition) is 4. The predicted octanol–water partition coefficient (Wildman–Crippen LogP) is 1.60. The molecule has 0 aromatic heterocycles. The Balaban J connectivity index is 2.06. The summed E-state index contributed by atoms with van der Waals surface area (Å²) in [6.45, 7) is 4.13. The molecule has 0 bridgehead atoms. The van der Waals surface area contributed by atoms with E-state index in [2.05, 4.69) is 11.8 Å². The Morgan fingerprint density at radius 2 is 2.36 bits per heavy atom. The lowest BCUT2D eigenvalue weighted by atomic mass is 10.2. The lowest BCUT2D eigenvalue weighted by Crippen LogP contribution is -2.27. The Morgan fingerprint density at radius 1 is 1.50 bits per heavy atom. The van der Waals surface area contributed by atoms with Crippen LogP contribution in [0.2, 0.25) is 0 Å². The van der Waals surface area contributed by atoms with Gasteiger partial charge in [0.25, 0.3) is 0 Å². The molecule has 14 heavy (non-hydrogen) atoms. The molecule has 0 aliphatic carbocycles. The molecule has 0 fully saturated rings. The van der Waals surface area contributed by atoms with Crippen molar-refractivity contribution in [2.75, 3.05) is 25.6 Å². The van der Waals surface area contributed by atoms with Crippen molar-refractivity contribution >= 4 is 17.5 Å². The molecule has 0 saturated heterocycles. The Labute approximate surface area is 88.5 Å². The highest BCUT2D eigenvalue weighted by Gasteiger charge is 2.30. The number of carbonyl (C=O) groups is 1. The number of unbranched alkanes of at least 4 members (excludes halogenated alkanes) is 1. The van der Waals surface area contributed by atoms with Crippen molar-refractivity contribution in [3.63, 3.8) is 0 Å². The van der Waals surface area contributed by atoms with E-state index in [-0.39, 0.29) is 12.4 Å². The minimum Gasteiger partial charge on any atom is -0.367 e. The summed E-state index contributed by atoms with van der Waals surface area (Å²) in [6, 6.07) is 0. The highest BCUT2D eigenvalue weighted by molar-refractivity contribution is 8.04. The van der Waals surface area contributed by atoms with E-state index < -0.39 is 0 Å². The summed E-state index contributed by atoms with van der Waals surface area (Å²) < 4.78 is 5.24. The van der Waals surface area contributed by atoms with Crippen LogP contribution < -0.4 is 0 Å². The molecule has 0 atom stereocenters. The third-order valence-corrected chi connectivity index (χ3v) is 3.71. The molecule has 0 unspecified atom stereocenters. The molecule has 0 N–H and O–H groups in total. The molecule has 4 heteroatoms. The minimum atomic E-state index is 0.162. The molecule has 0 aromatic rings. The Bertz CT molecular complexity index is 275. The lowest BCUT2D eigenvalue weighted by Gasteiger charge is -2.23. The number of ketones is 1. The molecular formula is C10H15NO2S. The van der Waals surface area contributed by atoms with Gasteiger partial charge in [0.2, 0.25) is 0 Å². The fraction of sp³-hybridized carbons (Fsp3) is 0.700. The van der Waals surface area contributed by atoms with Gasteiger partial charge < -0.3 is 9.64 Å². The van der Waals surface area contributed by atoms with Gasteiger partial charge in [0.1, 0.15) is 6.61 Å². The summed E-state index contributed by atoms with van der Waals surface area (Å²) in [4.78, 5) is 14.7. The second-order valence-corrected chi connectivity index (χ2v) is 4.54. The molecule has 2 aliphatic heterocycles. The van der Waals surface area contributed by atoms with E-state index in [1.165, 1.54) is 12.8 Å². The van der Waals surface area contributed by atoms with Gasteiger partial charge in [-0.3, -0.25) is 4.79 Å². The SMILES string of the molecule is CCCCN1CSC2=C1COCC2=O. The molecule has 78 valence electrons. The zero-order valence-corrected chi connectivity index (χ0v) is 9.23. The number of hydrogen-bond donors (Lipinski definition) is 0. The van der Waals surface area contributed by atoms with Gasteiger partial charge in [0, 0.05) is 6.54 Å². The van der Waals surface area contributed by atoms with Crippen LogP contribution in [0.1, 0.15) is 19.8 Å². The van der Waals surface area contributed by atoms with E-state index in [9.17, 15) is 4.79 Å². The summed E-state index contributed by atoms with van der Waals surface area (Å²) in [5.74, 6) is 1.09. The number of carbonyl (C=O) groups excluding carboxylic acids is 1. The van der Waals surface area contributed by atoms with Crippen LogP contribution in [0.3, 0.4) is 0 Å². The van der Waals surface area contributed by atoms with Crippen molar-refractivity contribution in [2.45, 2.75) is 19.8 Å². The van der Waals surface area contributed by atoms with E-state index in [0.717, 1.165) is 23.0 Å². The predicted molar refractivity (Wildman–Crippen MR) is 56.9 cm³/mol. The molecule has 2 heterocycles. The van der Waals surface area contributed by atoms with Gasteiger partial charge in [-0.25, -0.2) is 0 Å². The number of ether oxygens (including phenoxy) is 1. The van der Waals surface area contributed by atoms with E-state index in [0.29, 0.717) is 6.61 Å². The summed E-state index contributed by atoms with van der Waals surface area (Å²) in [5.41, 5.74) is 1.12. The van der Waals surface area contributed by atoms with Crippen molar-refractivity contribution in [3.8, 4) is 0 Å². The maximum Gasteiger partial charge on any atom is 0.196 e. The summed E-state index contributed by atoms with van der Waals surface area (Å²) >= 11 is 1.67. The highest BCUT2D eigenvalue weighted by Crippen LogP contribution is 2.34. The highest BCUT2D eigenvalue weighted by atomic mass is 32.2. The average molecular weight is 213 g/mol. The van der Waals surface area contributed by atoms with Gasteiger partial charge in [0.05, 0.1) is 23.1 Å². The number of Topliss-reactive ketones (excluding diaryl/α,β-unsaturated/α-hetero) is 1. The summed E-state index contributed by atoms with van der Waals surface area (Å²) in [6.07, 6.45) is 2.38. The average Bonchev–Trinajstić information content (AvgIpc) is 2.60. The smallest absolute Gasteiger partial charge is 0.196 e. The zero-order chi connectivity index (χ0) is 9.97. The van der Waals surface area contributed by atoms with Crippen molar-refractivity contribution in [3.05, 3.63) is 10.6 Å². The number of nitrogens with zero attached hydrogens (tertiary/aromatic N) is 1.